The van der Waals surface area contributed by atoms with Crippen molar-refractivity contribution >= 4 is 14.0 Å². The molecule has 0 radical (unpaired) electrons. The highest BCUT2D eigenvalue weighted by Gasteiger charge is 2.41. The van der Waals surface area contributed by atoms with Gasteiger partial charge in [0.2, 0.25) is 5.90 Å². The van der Waals surface area contributed by atoms with Crippen molar-refractivity contribution in [3.05, 3.63) is 41.7 Å². The van der Waals surface area contributed by atoms with Crippen LogP contribution < -0.4 is 4.74 Å². The van der Waals surface area contributed by atoms with Gasteiger partial charge in [0.15, 0.2) is 0 Å². The van der Waals surface area contributed by atoms with Crippen molar-refractivity contribution in [2.75, 3.05) is 7.11 Å². The van der Waals surface area contributed by atoms with Gasteiger partial charge in [-0.15, -0.1) is 5.54 Å². The van der Waals surface area contributed by atoms with Crippen LogP contribution in [0.4, 0.5) is 0 Å². The second kappa shape index (κ2) is 8.57. The van der Waals surface area contributed by atoms with Gasteiger partial charge in [-0.05, 0) is 54.7 Å². The van der Waals surface area contributed by atoms with Crippen LogP contribution in [0.1, 0.15) is 61.0 Å². The van der Waals surface area contributed by atoms with E-state index in [-0.39, 0.29) is 0 Å². The zero-order chi connectivity index (χ0) is 21.1. The highest BCUT2D eigenvalue weighted by Crippen LogP contribution is 2.40. The molecule has 0 fully saturated rings. The van der Waals surface area contributed by atoms with E-state index in [2.05, 4.69) is 66.9 Å². The second-order valence-corrected chi connectivity index (χ2v) is 14.6. The molecule has 1 aliphatic heterocycles. The summed E-state index contributed by atoms with van der Waals surface area (Å²) >= 11 is 0. The number of hydrogen-bond acceptors (Lipinski definition) is 3. The summed E-state index contributed by atoms with van der Waals surface area (Å²) in [6.45, 7) is 18.1. The van der Waals surface area contributed by atoms with E-state index in [1.54, 1.807) is 7.11 Å². The quantitative estimate of drug-likeness (QED) is 0.428. The van der Waals surface area contributed by atoms with E-state index in [0.717, 1.165) is 17.1 Å². The van der Waals surface area contributed by atoms with Crippen LogP contribution >= 0.6 is 0 Å². The third kappa shape index (κ3) is 4.36. The summed E-state index contributed by atoms with van der Waals surface area (Å²) in [6, 6.07) is 7.78. The van der Waals surface area contributed by atoms with E-state index in [0.29, 0.717) is 22.5 Å². The molecule has 0 N–H and O–H groups in total. The zero-order valence-electron chi connectivity index (χ0n) is 18.9. The average Bonchev–Trinajstić information content (AvgIpc) is 2.92. The van der Waals surface area contributed by atoms with Gasteiger partial charge in [-0.25, -0.2) is 4.99 Å². The van der Waals surface area contributed by atoms with Gasteiger partial charge in [0.1, 0.15) is 25.1 Å². The number of allylic oxidation sites excluding steroid dienone is 1. The van der Waals surface area contributed by atoms with Crippen molar-refractivity contribution in [1.29, 1.82) is 0 Å². The summed E-state index contributed by atoms with van der Waals surface area (Å²) in [4.78, 5) is 4.78. The van der Waals surface area contributed by atoms with E-state index in [9.17, 15) is 0 Å². The summed E-state index contributed by atoms with van der Waals surface area (Å²) in [5.74, 6) is 5.66. The van der Waals surface area contributed by atoms with Crippen molar-refractivity contribution in [2.45, 2.75) is 77.6 Å². The second-order valence-electron chi connectivity index (χ2n) is 8.98. The number of methoxy groups -OCH3 is 1. The molecule has 2 rings (SSSR count). The minimum Gasteiger partial charge on any atom is -0.497 e. The largest absolute Gasteiger partial charge is 0.497 e. The fourth-order valence-electron chi connectivity index (χ4n) is 4.28. The number of hydrogen-bond donors (Lipinski definition) is 0. The number of ether oxygens (including phenoxy) is 2. The smallest absolute Gasteiger partial charge is 0.222 e. The molecule has 1 heterocycles. The number of rotatable bonds is 5. The first-order chi connectivity index (χ1) is 13.0. The normalized spacial score (nSPS) is 17.6. The first-order valence-electron chi connectivity index (χ1n) is 10.2. The van der Waals surface area contributed by atoms with Crippen molar-refractivity contribution in [2.24, 2.45) is 4.99 Å². The topological polar surface area (TPSA) is 30.8 Å². The van der Waals surface area contributed by atoms with E-state index >= 15 is 0 Å². The molecular formula is C24H35NO2Si. The summed E-state index contributed by atoms with van der Waals surface area (Å²) in [5.41, 5.74) is 6.10. The Morgan fingerprint density at radius 3 is 2.00 bits per heavy atom. The summed E-state index contributed by atoms with van der Waals surface area (Å²) < 4.78 is 11.3. The molecule has 0 aliphatic carbocycles. The lowest BCUT2D eigenvalue weighted by molar-refractivity contribution is 0.382. The molecule has 1 aromatic rings. The average molecular weight is 398 g/mol. The fourth-order valence-corrected chi connectivity index (χ4v) is 9.47. The summed E-state index contributed by atoms with van der Waals surface area (Å²) in [6.07, 6.45) is 1.94. The summed E-state index contributed by atoms with van der Waals surface area (Å²) in [7, 11) is -0.0872. The lowest BCUT2D eigenvalue weighted by Gasteiger charge is -2.38. The van der Waals surface area contributed by atoms with Gasteiger partial charge in [-0.3, -0.25) is 0 Å². The Kier molecular flexibility index (Phi) is 6.83. The Morgan fingerprint density at radius 1 is 1.00 bits per heavy atom. The van der Waals surface area contributed by atoms with Crippen LogP contribution in [0, 0.1) is 11.5 Å². The maximum absolute atomic E-state index is 6.12. The third-order valence-corrected chi connectivity index (χ3v) is 12.2. The molecule has 1 aromatic carbocycles. The Bertz CT molecular complexity index is 783. The van der Waals surface area contributed by atoms with Crippen LogP contribution in [0.25, 0.3) is 0 Å². The molecule has 28 heavy (non-hydrogen) atoms. The molecule has 152 valence electrons. The Hall–Kier alpha value is -1.99. The van der Waals surface area contributed by atoms with Crippen molar-refractivity contribution in [3.8, 4) is 17.2 Å². The van der Waals surface area contributed by atoms with Gasteiger partial charge in [0.05, 0.1) is 7.11 Å². The van der Waals surface area contributed by atoms with Gasteiger partial charge in [0, 0.05) is 11.6 Å². The molecule has 0 atom stereocenters. The predicted octanol–water partition coefficient (Wildman–Crippen LogP) is 6.36. The highest BCUT2D eigenvalue weighted by atomic mass is 28.3. The molecular weight excluding hydrogens is 362 g/mol. The highest BCUT2D eigenvalue weighted by molar-refractivity contribution is 6.90. The number of benzene rings is 1. The van der Waals surface area contributed by atoms with Crippen LogP contribution in [0.15, 0.2) is 41.1 Å². The van der Waals surface area contributed by atoms with Crippen LogP contribution in [0.5, 0.6) is 5.75 Å². The minimum absolute atomic E-state index is 0.415. The van der Waals surface area contributed by atoms with Crippen LogP contribution in [-0.2, 0) is 4.74 Å². The summed E-state index contributed by atoms with van der Waals surface area (Å²) in [5, 5.41) is 0. The molecule has 0 unspecified atom stereocenters. The molecule has 0 amide bonds. The lowest BCUT2D eigenvalue weighted by Crippen LogP contribution is -2.43. The standard InChI is InChI=1S/C24H35NO2Si/c1-17(2)28(18(3)4,19(5)6)16-10-11-22-24(7,8)25-23(27-22)20-12-14-21(26-9)15-13-20/h11-15,17-19H,1-9H3/b22-11+. The lowest BCUT2D eigenvalue weighted by atomic mass is 10.0. The SMILES string of the molecule is COc1ccc(C2=NC(C)(C)/C(=C\C#C[Si](C(C)C)(C(C)C)C(C)C)O2)cc1. The van der Waals surface area contributed by atoms with Crippen LogP contribution in [0.3, 0.4) is 0 Å². The molecule has 0 saturated heterocycles. The van der Waals surface area contributed by atoms with E-state index < -0.39 is 13.6 Å². The van der Waals surface area contributed by atoms with Gasteiger partial charge >= 0.3 is 0 Å². The van der Waals surface area contributed by atoms with Gasteiger partial charge in [0.25, 0.3) is 0 Å². The van der Waals surface area contributed by atoms with Gasteiger partial charge < -0.3 is 9.47 Å². The molecule has 0 spiro atoms. The Morgan fingerprint density at radius 2 is 1.54 bits per heavy atom. The monoisotopic (exact) mass is 397 g/mol. The fraction of sp³-hybridized carbons (Fsp3) is 0.542. The van der Waals surface area contributed by atoms with Crippen LogP contribution in [-0.4, -0.2) is 26.6 Å². The van der Waals surface area contributed by atoms with Crippen molar-refractivity contribution in [3.63, 3.8) is 0 Å². The van der Waals surface area contributed by atoms with E-state index in [4.69, 9.17) is 14.5 Å². The number of nitrogens with zero attached hydrogens (tertiary/aromatic N) is 1. The molecule has 0 saturated carbocycles. The van der Waals surface area contributed by atoms with Crippen molar-refractivity contribution in [1.82, 2.24) is 0 Å². The first kappa shape index (κ1) is 22.3. The van der Waals surface area contributed by atoms with Crippen LogP contribution in [0.2, 0.25) is 16.6 Å². The molecule has 3 nitrogen and oxygen atoms in total. The van der Waals surface area contributed by atoms with E-state index in [1.807, 2.05) is 30.3 Å². The first-order valence-corrected chi connectivity index (χ1v) is 12.4. The molecule has 0 aromatic heterocycles. The zero-order valence-corrected chi connectivity index (χ0v) is 19.9. The molecule has 4 heteroatoms. The Balaban J connectivity index is 2.32. The maximum Gasteiger partial charge on any atom is 0.222 e. The predicted molar refractivity (Wildman–Crippen MR) is 122 cm³/mol. The minimum atomic E-state index is -1.75. The molecule has 1 aliphatic rings. The van der Waals surface area contributed by atoms with Crippen molar-refractivity contribution < 1.29 is 9.47 Å². The molecule has 0 bridgehead atoms. The number of aliphatic imine (C=N–C) groups is 1. The van der Waals surface area contributed by atoms with E-state index in [1.165, 1.54) is 0 Å². The Labute approximate surface area is 172 Å². The van der Waals surface area contributed by atoms with Gasteiger partial charge in [-0.2, -0.15) is 0 Å². The third-order valence-electron chi connectivity index (χ3n) is 5.89. The van der Waals surface area contributed by atoms with Gasteiger partial charge in [-0.1, -0.05) is 47.5 Å². The maximum atomic E-state index is 6.12.